The molecule has 1 N–H and O–H groups in total. The largest absolute Gasteiger partial charge is 0.495 e. The number of fused-ring (bicyclic) bond motifs is 1. The van der Waals surface area contributed by atoms with Gasteiger partial charge >= 0.3 is 0 Å². The van der Waals surface area contributed by atoms with E-state index in [0.717, 1.165) is 34.7 Å². The van der Waals surface area contributed by atoms with Crippen molar-refractivity contribution in [1.82, 2.24) is 5.32 Å². The number of sulfonamides is 1. The van der Waals surface area contributed by atoms with Gasteiger partial charge in [-0.05, 0) is 44.0 Å². The molecule has 2 atom stereocenters. The highest BCUT2D eigenvalue weighted by atomic mass is 35.5. The van der Waals surface area contributed by atoms with E-state index in [1.165, 1.54) is 13.2 Å². The molecule has 1 amide bonds. The van der Waals surface area contributed by atoms with E-state index in [0.29, 0.717) is 12.2 Å². The van der Waals surface area contributed by atoms with Crippen LogP contribution in [0.3, 0.4) is 0 Å². The van der Waals surface area contributed by atoms with Gasteiger partial charge in [0.25, 0.3) is 0 Å². The molecule has 0 saturated carbocycles. The summed E-state index contributed by atoms with van der Waals surface area (Å²) in [5.74, 6) is 0.753. The lowest BCUT2D eigenvalue weighted by molar-refractivity contribution is -0.123. The maximum Gasteiger partial charge on any atom is 0.244 e. The Morgan fingerprint density at radius 3 is 2.52 bits per heavy atom. The van der Waals surface area contributed by atoms with Gasteiger partial charge in [0, 0.05) is 12.0 Å². The number of hydrogen-bond acceptors (Lipinski definition) is 5. The van der Waals surface area contributed by atoms with Crippen molar-refractivity contribution in [3.63, 3.8) is 0 Å². The molecule has 0 aliphatic carbocycles. The summed E-state index contributed by atoms with van der Waals surface area (Å²) in [4.78, 5) is 13.4. The molecule has 33 heavy (non-hydrogen) atoms. The molecule has 1 aliphatic heterocycles. The van der Waals surface area contributed by atoms with Crippen molar-refractivity contribution >= 4 is 33.2 Å². The molecule has 1 aliphatic rings. The second-order valence-corrected chi connectivity index (χ2v) is 10.6. The van der Waals surface area contributed by atoms with Crippen LogP contribution in [0, 0.1) is 0 Å². The lowest BCUT2D eigenvalue weighted by Crippen LogP contribution is -2.51. The molecular weight excluding hydrogens is 464 g/mol. The van der Waals surface area contributed by atoms with E-state index < -0.39 is 27.6 Å². The predicted molar refractivity (Wildman–Crippen MR) is 131 cm³/mol. The number of anilines is 1. The minimum absolute atomic E-state index is 0.255. The molecule has 2 aromatic carbocycles. The van der Waals surface area contributed by atoms with Crippen LogP contribution < -0.4 is 19.1 Å². The van der Waals surface area contributed by atoms with Gasteiger partial charge in [0.2, 0.25) is 15.9 Å². The Hall–Kier alpha value is -2.45. The van der Waals surface area contributed by atoms with E-state index in [-0.39, 0.29) is 16.8 Å². The highest BCUT2D eigenvalue weighted by Crippen LogP contribution is 2.42. The van der Waals surface area contributed by atoms with E-state index in [2.05, 4.69) is 19.2 Å². The second kappa shape index (κ2) is 9.81. The first-order chi connectivity index (χ1) is 15.5. The molecule has 9 heteroatoms. The molecule has 1 heterocycles. The highest BCUT2D eigenvalue weighted by molar-refractivity contribution is 7.92. The number of nitrogens with one attached hydrogen (secondary N) is 1. The van der Waals surface area contributed by atoms with Gasteiger partial charge in [-0.2, -0.15) is 0 Å². The zero-order valence-electron chi connectivity index (χ0n) is 19.6. The number of hydrogen-bond donors (Lipinski definition) is 1. The third kappa shape index (κ3) is 5.22. The molecule has 0 unspecified atom stereocenters. The number of carbonyl (C=O) groups is 1. The zero-order chi connectivity index (χ0) is 24.4. The van der Waals surface area contributed by atoms with Crippen LogP contribution in [0.4, 0.5) is 5.69 Å². The van der Waals surface area contributed by atoms with Crippen LogP contribution in [0.25, 0.3) is 0 Å². The quantitative estimate of drug-likeness (QED) is 0.574. The normalized spacial score (nSPS) is 17.9. The third-order valence-electron chi connectivity index (χ3n) is 6.28. The van der Waals surface area contributed by atoms with Crippen LogP contribution in [-0.2, 0) is 14.8 Å². The number of halogens is 1. The van der Waals surface area contributed by atoms with Gasteiger partial charge in [-0.25, -0.2) is 8.42 Å². The molecule has 0 fully saturated rings. The minimum Gasteiger partial charge on any atom is -0.495 e. The Bertz CT molecular complexity index is 1120. The topological polar surface area (TPSA) is 84.9 Å². The van der Waals surface area contributed by atoms with Crippen molar-refractivity contribution < 1.29 is 22.7 Å². The first kappa shape index (κ1) is 25.2. The van der Waals surface area contributed by atoms with E-state index in [1.807, 2.05) is 24.3 Å². The van der Waals surface area contributed by atoms with E-state index >= 15 is 0 Å². The van der Waals surface area contributed by atoms with Gasteiger partial charge < -0.3 is 14.8 Å². The Labute approximate surface area is 201 Å². The van der Waals surface area contributed by atoms with Crippen molar-refractivity contribution in [3.05, 3.63) is 53.1 Å². The summed E-state index contributed by atoms with van der Waals surface area (Å²) in [6.45, 7) is 5.70. The standard InChI is InChI=1S/C24H31ClN2O5S/c1-6-24(7-2)15-20(18-10-8-9-11-21(18)32-24)26-23(28)16(3)27(33(5,29)30)17-12-13-22(31-4)19(25)14-17/h8-14,16,20H,6-7,15H2,1-5H3,(H,26,28)/t16-,20-/m1/s1. The molecule has 0 spiro atoms. The van der Waals surface area contributed by atoms with E-state index in [4.69, 9.17) is 21.1 Å². The van der Waals surface area contributed by atoms with Gasteiger partial charge in [0.05, 0.1) is 30.1 Å². The SMILES string of the molecule is CCC1(CC)C[C@@H](NC(=O)[C@@H](C)N(c2ccc(OC)c(Cl)c2)S(C)(=O)=O)c2ccccc2O1. The Morgan fingerprint density at radius 1 is 1.27 bits per heavy atom. The summed E-state index contributed by atoms with van der Waals surface area (Å²) in [6.07, 6.45) is 3.25. The molecule has 0 bridgehead atoms. The first-order valence-electron chi connectivity index (χ1n) is 11.0. The highest BCUT2D eigenvalue weighted by Gasteiger charge is 2.40. The molecule has 180 valence electrons. The Kier molecular flexibility index (Phi) is 7.49. The number of carbonyl (C=O) groups excluding carboxylic acids is 1. The smallest absolute Gasteiger partial charge is 0.244 e. The molecule has 0 aromatic heterocycles. The molecule has 0 radical (unpaired) electrons. The van der Waals surface area contributed by atoms with Crippen LogP contribution in [0.5, 0.6) is 11.5 Å². The summed E-state index contributed by atoms with van der Waals surface area (Å²) in [6, 6.07) is 11.0. The fraction of sp³-hybridized carbons (Fsp3) is 0.458. The van der Waals surface area contributed by atoms with E-state index in [9.17, 15) is 13.2 Å². The number of amides is 1. The fourth-order valence-corrected chi connectivity index (χ4v) is 5.74. The molecule has 2 aromatic rings. The minimum atomic E-state index is -3.78. The van der Waals surface area contributed by atoms with Crippen molar-refractivity contribution in [3.8, 4) is 11.5 Å². The van der Waals surface area contributed by atoms with Crippen LogP contribution in [0.2, 0.25) is 5.02 Å². The molecule has 3 rings (SSSR count). The number of methoxy groups -OCH3 is 1. The number of para-hydroxylation sites is 1. The average molecular weight is 495 g/mol. The van der Waals surface area contributed by atoms with Crippen LogP contribution >= 0.6 is 11.6 Å². The average Bonchev–Trinajstić information content (AvgIpc) is 2.78. The van der Waals surface area contributed by atoms with Crippen molar-refractivity contribution in [2.45, 2.75) is 57.7 Å². The van der Waals surface area contributed by atoms with Gasteiger partial charge in [-0.1, -0.05) is 43.6 Å². The van der Waals surface area contributed by atoms with Gasteiger partial charge in [-0.3, -0.25) is 9.10 Å². The predicted octanol–water partition coefficient (Wildman–Crippen LogP) is 4.70. The fourth-order valence-electron chi connectivity index (χ4n) is 4.32. The van der Waals surface area contributed by atoms with Crippen LogP contribution in [0.1, 0.15) is 51.6 Å². The summed E-state index contributed by atoms with van der Waals surface area (Å²) >= 11 is 6.22. The van der Waals surface area contributed by atoms with Crippen molar-refractivity contribution in [2.24, 2.45) is 0 Å². The third-order valence-corrected chi connectivity index (χ3v) is 7.82. The van der Waals surface area contributed by atoms with Gasteiger partial charge in [-0.15, -0.1) is 0 Å². The molecular formula is C24H31ClN2O5S. The monoisotopic (exact) mass is 494 g/mol. The number of benzene rings is 2. The summed E-state index contributed by atoms with van der Waals surface area (Å²) in [5.41, 5.74) is 0.777. The van der Waals surface area contributed by atoms with Crippen LogP contribution in [-0.4, -0.2) is 39.3 Å². The Balaban J connectivity index is 1.92. The molecule has 0 saturated heterocycles. The lowest BCUT2D eigenvalue weighted by atomic mass is 9.83. The number of rotatable bonds is 8. The van der Waals surface area contributed by atoms with Crippen molar-refractivity contribution in [1.29, 1.82) is 0 Å². The number of ether oxygens (including phenoxy) is 2. The van der Waals surface area contributed by atoms with Gasteiger partial charge in [0.15, 0.2) is 0 Å². The second-order valence-electron chi connectivity index (χ2n) is 8.35. The summed E-state index contributed by atoms with van der Waals surface area (Å²) < 4.78 is 37.9. The maximum absolute atomic E-state index is 13.4. The molecule has 7 nitrogen and oxygen atoms in total. The zero-order valence-corrected chi connectivity index (χ0v) is 21.2. The van der Waals surface area contributed by atoms with Crippen LogP contribution in [0.15, 0.2) is 42.5 Å². The van der Waals surface area contributed by atoms with E-state index in [1.54, 1.807) is 19.1 Å². The maximum atomic E-state index is 13.4. The van der Waals surface area contributed by atoms with Crippen molar-refractivity contribution in [2.75, 3.05) is 17.7 Å². The summed E-state index contributed by atoms with van der Waals surface area (Å²) in [5, 5.41) is 3.33. The summed E-state index contributed by atoms with van der Waals surface area (Å²) in [7, 11) is -2.31. The Morgan fingerprint density at radius 2 is 1.94 bits per heavy atom. The van der Waals surface area contributed by atoms with Gasteiger partial charge in [0.1, 0.15) is 23.1 Å². The number of nitrogens with zero attached hydrogens (tertiary/aromatic N) is 1. The lowest BCUT2D eigenvalue weighted by Gasteiger charge is -2.42. The first-order valence-corrected chi connectivity index (χ1v) is 13.2.